The largest absolute Gasteiger partial charge is 0.273 e. The molecule has 0 amide bonds. The predicted octanol–water partition coefficient (Wildman–Crippen LogP) is 4.00. The smallest absolute Gasteiger partial charge is 0.200 e. The lowest BCUT2D eigenvalue weighted by Crippen LogP contribution is -1.90. The Hall–Kier alpha value is -3.01. The van der Waals surface area contributed by atoms with Crippen molar-refractivity contribution in [2.45, 2.75) is 6.92 Å². The first-order valence-corrected chi connectivity index (χ1v) is 7.15. The number of aromatic amines is 1. The SMILES string of the molecule is Cc1ccccc1-c1cnc2n[nH]c(-c3ccccc3)c2n1. The summed E-state index contributed by atoms with van der Waals surface area (Å²) in [6.07, 6.45) is 1.78. The van der Waals surface area contributed by atoms with Crippen molar-refractivity contribution in [3.8, 4) is 22.5 Å². The standard InChI is InChI=1S/C18H14N4/c1-12-7-5-6-10-14(12)15-11-19-18-17(20-15)16(21-22-18)13-8-3-2-4-9-13/h2-11H,1H3,(H,19,21,22). The summed E-state index contributed by atoms with van der Waals surface area (Å²) in [6, 6.07) is 18.2. The topological polar surface area (TPSA) is 54.5 Å². The van der Waals surface area contributed by atoms with E-state index in [1.54, 1.807) is 6.20 Å². The van der Waals surface area contributed by atoms with Crippen LogP contribution in [0.1, 0.15) is 5.56 Å². The van der Waals surface area contributed by atoms with E-state index in [1.165, 1.54) is 5.56 Å². The molecule has 1 N–H and O–H groups in total. The molecule has 2 aromatic carbocycles. The van der Waals surface area contributed by atoms with E-state index in [1.807, 2.05) is 42.5 Å². The van der Waals surface area contributed by atoms with E-state index in [0.717, 1.165) is 28.0 Å². The molecule has 4 rings (SSSR count). The number of hydrogen-bond donors (Lipinski definition) is 1. The molecule has 0 aliphatic heterocycles. The van der Waals surface area contributed by atoms with Crippen molar-refractivity contribution in [2.24, 2.45) is 0 Å². The molecule has 2 aromatic heterocycles. The molecule has 4 heteroatoms. The average Bonchev–Trinajstić information content (AvgIpc) is 2.99. The molecule has 0 radical (unpaired) electrons. The zero-order chi connectivity index (χ0) is 14.9. The highest BCUT2D eigenvalue weighted by molar-refractivity contribution is 5.88. The summed E-state index contributed by atoms with van der Waals surface area (Å²) in [6.45, 7) is 2.08. The maximum atomic E-state index is 4.79. The maximum absolute atomic E-state index is 4.79. The Morgan fingerprint density at radius 3 is 2.50 bits per heavy atom. The number of nitrogens with one attached hydrogen (secondary N) is 1. The van der Waals surface area contributed by atoms with Crippen molar-refractivity contribution in [3.63, 3.8) is 0 Å². The molecule has 0 aliphatic carbocycles. The van der Waals surface area contributed by atoms with Crippen LogP contribution in [0, 0.1) is 6.92 Å². The molecule has 0 bridgehead atoms. The van der Waals surface area contributed by atoms with Crippen LogP contribution in [0.2, 0.25) is 0 Å². The highest BCUT2D eigenvalue weighted by atomic mass is 15.2. The first-order chi connectivity index (χ1) is 10.8. The fourth-order valence-electron chi connectivity index (χ4n) is 2.59. The van der Waals surface area contributed by atoms with Gasteiger partial charge < -0.3 is 0 Å². The van der Waals surface area contributed by atoms with Crippen molar-refractivity contribution in [2.75, 3.05) is 0 Å². The summed E-state index contributed by atoms with van der Waals surface area (Å²) in [5, 5.41) is 7.30. The van der Waals surface area contributed by atoms with Gasteiger partial charge in [0, 0.05) is 11.1 Å². The Morgan fingerprint density at radius 2 is 1.68 bits per heavy atom. The number of rotatable bonds is 2. The minimum Gasteiger partial charge on any atom is -0.273 e. The summed E-state index contributed by atoms with van der Waals surface area (Å²) in [5.41, 5.74) is 6.53. The van der Waals surface area contributed by atoms with Gasteiger partial charge in [-0.3, -0.25) is 5.10 Å². The van der Waals surface area contributed by atoms with E-state index in [-0.39, 0.29) is 0 Å². The van der Waals surface area contributed by atoms with E-state index in [9.17, 15) is 0 Å². The van der Waals surface area contributed by atoms with E-state index >= 15 is 0 Å². The molecule has 0 spiro atoms. The summed E-state index contributed by atoms with van der Waals surface area (Å²) in [7, 11) is 0. The summed E-state index contributed by atoms with van der Waals surface area (Å²) in [4.78, 5) is 9.23. The van der Waals surface area contributed by atoms with Gasteiger partial charge in [0.1, 0.15) is 5.52 Å². The first-order valence-electron chi connectivity index (χ1n) is 7.15. The average molecular weight is 286 g/mol. The predicted molar refractivity (Wildman–Crippen MR) is 87.3 cm³/mol. The van der Waals surface area contributed by atoms with Crippen LogP contribution in [-0.2, 0) is 0 Å². The van der Waals surface area contributed by atoms with E-state index in [2.05, 4.69) is 34.2 Å². The van der Waals surface area contributed by atoms with Gasteiger partial charge in [0.05, 0.1) is 17.6 Å². The Balaban J connectivity index is 1.92. The molecule has 0 unspecified atom stereocenters. The quantitative estimate of drug-likeness (QED) is 0.606. The van der Waals surface area contributed by atoms with Gasteiger partial charge in [-0.05, 0) is 12.5 Å². The Kier molecular flexibility index (Phi) is 2.93. The van der Waals surface area contributed by atoms with Gasteiger partial charge in [-0.2, -0.15) is 5.10 Å². The van der Waals surface area contributed by atoms with Gasteiger partial charge in [-0.15, -0.1) is 0 Å². The van der Waals surface area contributed by atoms with Gasteiger partial charge in [0.25, 0.3) is 0 Å². The van der Waals surface area contributed by atoms with Crippen LogP contribution < -0.4 is 0 Å². The summed E-state index contributed by atoms with van der Waals surface area (Å²) < 4.78 is 0. The minimum absolute atomic E-state index is 0.635. The van der Waals surface area contributed by atoms with Crippen molar-refractivity contribution < 1.29 is 0 Å². The van der Waals surface area contributed by atoms with Gasteiger partial charge >= 0.3 is 0 Å². The van der Waals surface area contributed by atoms with Crippen LogP contribution in [-0.4, -0.2) is 20.2 Å². The number of hydrogen-bond acceptors (Lipinski definition) is 3. The lowest BCUT2D eigenvalue weighted by molar-refractivity contribution is 1.10. The van der Waals surface area contributed by atoms with Gasteiger partial charge in [-0.1, -0.05) is 54.6 Å². The molecule has 0 fully saturated rings. The van der Waals surface area contributed by atoms with Crippen molar-refractivity contribution in [3.05, 3.63) is 66.4 Å². The molecule has 4 aromatic rings. The summed E-state index contributed by atoms with van der Waals surface area (Å²) >= 11 is 0. The molecule has 0 aliphatic rings. The number of benzene rings is 2. The van der Waals surface area contributed by atoms with Crippen LogP contribution in [0.4, 0.5) is 0 Å². The number of aromatic nitrogens is 4. The molecule has 4 nitrogen and oxygen atoms in total. The second kappa shape index (κ2) is 5.07. The molecule has 2 heterocycles. The molecule has 0 saturated heterocycles. The molecule has 0 saturated carbocycles. The van der Waals surface area contributed by atoms with E-state index in [4.69, 9.17) is 4.98 Å². The van der Waals surface area contributed by atoms with Crippen LogP contribution >= 0.6 is 0 Å². The summed E-state index contributed by atoms with van der Waals surface area (Å²) in [5.74, 6) is 0. The van der Waals surface area contributed by atoms with Gasteiger partial charge in [0.2, 0.25) is 0 Å². The third-order valence-electron chi connectivity index (χ3n) is 3.75. The first kappa shape index (κ1) is 12.7. The van der Waals surface area contributed by atoms with E-state index in [0.29, 0.717) is 5.65 Å². The van der Waals surface area contributed by atoms with Gasteiger partial charge in [0.15, 0.2) is 5.65 Å². The highest BCUT2D eigenvalue weighted by Crippen LogP contribution is 2.27. The fraction of sp³-hybridized carbons (Fsp3) is 0.0556. The number of fused-ring (bicyclic) bond motifs is 1. The van der Waals surface area contributed by atoms with Crippen LogP contribution in [0.15, 0.2) is 60.8 Å². The second-order valence-corrected chi connectivity index (χ2v) is 5.21. The molecule has 0 atom stereocenters. The third-order valence-corrected chi connectivity index (χ3v) is 3.75. The van der Waals surface area contributed by atoms with E-state index < -0.39 is 0 Å². The highest BCUT2D eigenvalue weighted by Gasteiger charge is 2.12. The van der Waals surface area contributed by atoms with Crippen molar-refractivity contribution in [1.82, 2.24) is 20.2 Å². The lowest BCUT2D eigenvalue weighted by atomic mass is 10.1. The molecular formula is C18H14N4. The molecule has 22 heavy (non-hydrogen) atoms. The lowest BCUT2D eigenvalue weighted by Gasteiger charge is -2.04. The van der Waals surface area contributed by atoms with Crippen LogP contribution in [0.25, 0.3) is 33.7 Å². The van der Waals surface area contributed by atoms with Crippen molar-refractivity contribution in [1.29, 1.82) is 0 Å². The fourth-order valence-corrected chi connectivity index (χ4v) is 2.59. The zero-order valence-corrected chi connectivity index (χ0v) is 12.1. The monoisotopic (exact) mass is 286 g/mol. The Labute approximate surface area is 127 Å². The third kappa shape index (κ3) is 2.05. The Morgan fingerprint density at radius 1 is 0.909 bits per heavy atom. The number of aryl methyl sites for hydroxylation is 1. The second-order valence-electron chi connectivity index (χ2n) is 5.21. The molecular weight excluding hydrogens is 272 g/mol. The van der Waals surface area contributed by atoms with Crippen LogP contribution in [0.3, 0.4) is 0 Å². The zero-order valence-electron chi connectivity index (χ0n) is 12.1. The number of nitrogens with zero attached hydrogens (tertiary/aromatic N) is 3. The molecule has 106 valence electrons. The maximum Gasteiger partial charge on any atom is 0.200 e. The Bertz CT molecular complexity index is 942. The van der Waals surface area contributed by atoms with Crippen molar-refractivity contribution >= 4 is 11.2 Å². The number of H-pyrrole nitrogens is 1. The minimum atomic E-state index is 0.635. The van der Waals surface area contributed by atoms with Gasteiger partial charge in [-0.25, -0.2) is 9.97 Å². The normalized spacial score (nSPS) is 11.0. The van der Waals surface area contributed by atoms with Crippen LogP contribution in [0.5, 0.6) is 0 Å².